The van der Waals surface area contributed by atoms with Gasteiger partial charge in [0.05, 0.1) is 17.6 Å². The zero-order chi connectivity index (χ0) is 15.5. The highest BCUT2D eigenvalue weighted by Gasteiger charge is 2.19. The number of amides is 1. The number of piperazine rings is 1. The minimum atomic E-state index is -3.30. The van der Waals surface area contributed by atoms with Crippen LogP contribution in [0.3, 0.4) is 0 Å². The van der Waals surface area contributed by atoms with Crippen molar-refractivity contribution in [1.29, 1.82) is 0 Å². The molecule has 1 N–H and O–H groups in total. The molecule has 0 bridgehead atoms. The van der Waals surface area contributed by atoms with Crippen LogP contribution in [-0.4, -0.2) is 56.1 Å². The van der Waals surface area contributed by atoms with Gasteiger partial charge in [-0.2, -0.15) is 0 Å². The number of carbonyl (C=O) groups is 1. The quantitative estimate of drug-likeness (QED) is 0.876. The first kappa shape index (κ1) is 15.6. The first-order valence-electron chi connectivity index (χ1n) is 6.88. The van der Waals surface area contributed by atoms with Crippen molar-refractivity contribution in [2.75, 3.05) is 41.6 Å². The molecule has 1 amide bonds. The number of anilines is 2. The van der Waals surface area contributed by atoms with Crippen molar-refractivity contribution >= 4 is 27.4 Å². The van der Waals surface area contributed by atoms with E-state index in [1.807, 2.05) is 11.0 Å². The smallest absolute Gasteiger partial charge is 0.233 e. The van der Waals surface area contributed by atoms with Gasteiger partial charge >= 0.3 is 0 Å². The lowest BCUT2D eigenvalue weighted by Gasteiger charge is -2.35. The number of nitrogens with zero attached hydrogens (tertiary/aromatic N) is 3. The molecule has 1 saturated heterocycles. The monoisotopic (exact) mass is 312 g/mol. The fourth-order valence-electron chi connectivity index (χ4n) is 2.14. The maximum atomic E-state index is 11.5. The minimum Gasteiger partial charge on any atom is -0.367 e. The van der Waals surface area contributed by atoms with Gasteiger partial charge in [0, 0.05) is 33.1 Å². The second kappa shape index (κ2) is 6.30. The van der Waals surface area contributed by atoms with Crippen LogP contribution in [0.4, 0.5) is 11.5 Å². The molecule has 2 rings (SSSR count). The molecule has 1 aliphatic rings. The van der Waals surface area contributed by atoms with Gasteiger partial charge in [-0.05, 0) is 19.1 Å². The van der Waals surface area contributed by atoms with E-state index in [-0.39, 0.29) is 11.7 Å². The van der Waals surface area contributed by atoms with Crippen molar-refractivity contribution in [2.45, 2.75) is 13.8 Å². The largest absolute Gasteiger partial charge is 0.367 e. The van der Waals surface area contributed by atoms with Crippen LogP contribution < -0.4 is 9.62 Å². The molecular weight excluding hydrogens is 292 g/mol. The number of rotatable bonds is 4. The van der Waals surface area contributed by atoms with Crippen molar-refractivity contribution in [3.63, 3.8) is 0 Å². The van der Waals surface area contributed by atoms with Crippen molar-refractivity contribution in [3.05, 3.63) is 18.3 Å². The second-order valence-corrected chi connectivity index (χ2v) is 6.91. The van der Waals surface area contributed by atoms with Gasteiger partial charge in [-0.3, -0.25) is 9.52 Å². The van der Waals surface area contributed by atoms with Crippen LogP contribution in [0.1, 0.15) is 13.8 Å². The molecule has 1 aromatic heterocycles. The molecule has 0 aromatic carbocycles. The highest BCUT2D eigenvalue weighted by molar-refractivity contribution is 7.92. The topological polar surface area (TPSA) is 82.6 Å². The SMILES string of the molecule is CCS(=O)(=O)Nc1ccc(N2CCN(C(C)=O)CC2)cn1. The first-order valence-corrected chi connectivity index (χ1v) is 8.53. The molecule has 1 aliphatic heterocycles. The predicted octanol–water partition coefficient (Wildman–Crippen LogP) is 0.512. The number of hydrogen-bond donors (Lipinski definition) is 1. The van der Waals surface area contributed by atoms with Gasteiger partial charge in [0.15, 0.2) is 0 Å². The van der Waals surface area contributed by atoms with E-state index >= 15 is 0 Å². The van der Waals surface area contributed by atoms with Crippen LogP contribution in [-0.2, 0) is 14.8 Å². The van der Waals surface area contributed by atoms with E-state index in [2.05, 4.69) is 14.6 Å². The van der Waals surface area contributed by atoms with Crippen molar-refractivity contribution in [3.8, 4) is 0 Å². The Kier molecular flexibility index (Phi) is 4.66. The van der Waals surface area contributed by atoms with E-state index in [9.17, 15) is 13.2 Å². The third kappa shape index (κ3) is 4.07. The van der Waals surface area contributed by atoms with E-state index < -0.39 is 10.0 Å². The normalized spacial score (nSPS) is 15.9. The van der Waals surface area contributed by atoms with Crippen molar-refractivity contribution < 1.29 is 13.2 Å². The molecule has 21 heavy (non-hydrogen) atoms. The van der Waals surface area contributed by atoms with E-state index in [0.717, 1.165) is 18.8 Å². The van der Waals surface area contributed by atoms with Gasteiger partial charge in [0.25, 0.3) is 0 Å². The molecule has 1 aromatic rings. The Morgan fingerprint density at radius 2 is 1.95 bits per heavy atom. The van der Waals surface area contributed by atoms with Gasteiger partial charge in [0.1, 0.15) is 5.82 Å². The van der Waals surface area contributed by atoms with Gasteiger partial charge in [-0.15, -0.1) is 0 Å². The van der Waals surface area contributed by atoms with Gasteiger partial charge in [-0.1, -0.05) is 0 Å². The Hall–Kier alpha value is -1.83. The highest BCUT2D eigenvalue weighted by Crippen LogP contribution is 2.17. The summed E-state index contributed by atoms with van der Waals surface area (Å²) in [5.41, 5.74) is 0.928. The van der Waals surface area contributed by atoms with Crippen LogP contribution in [0.25, 0.3) is 0 Å². The number of carbonyl (C=O) groups excluding carboxylic acids is 1. The van der Waals surface area contributed by atoms with Crippen LogP contribution in [0.2, 0.25) is 0 Å². The first-order chi connectivity index (χ1) is 9.91. The minimum absolute atomic E-state index is 0.0173. The average Bonchev–Trinajstić information content (AvgIpc) is 2.48. The molecule has 0 spiro atoms. The number of sulfonamides is 1. The summed E-state index contributed by atoms with van der Waals surface area (Å²) in [6.45, 7) is 6.04. The van der Waals surface area contributed by atoms with Crippen LogP contribution >= 0.6 is 0 Å². The maximum absolute atomic E-state index is 11.5. The Morgan fingerprint density at radius 3 is 2.43 bits per heavy atom. The molecule has 116 valence electrons. The third-order valence-corrected chi connectivity index (χ3v) is 4.76. The Labute approximate surface area is 125 Å². The summed E-state index contributed by atoms with van der Waals surface area (Å²) >= 11 is 0. The second-order valence-electron chi connectivity index (χ2n) is 4.90. The molecule has 0 aliphatic carbocycles. The maximum Gasteiger partial charge on any atom is 0.233 e. The summed E-state index contributed by atoms with van der Waals surface area (Å²) in [7, 11) is -3.30. The molecule has 1 fully saturated rings. The van der Waals surface area contributed by atoms with Crippen LogP contribution in [0.15, 0.2) is 18.3 Å². The van der Waals surface area contributed by atoms with E-state index in [4.69, 9.17) is 0 Å². The lowest BCUT2D eigenvalue weighted by molar-refractivity contribution is -0.129. The summed E-state index contributed by atoms with van der Waals surface area (Å²) in [5, 5.41) is 0. The zero-order valence-corrected chi connectivity index (χ0v) is 13.1. The fraction of sp³-hybridized carbons (Fsp3) is 0.538. The number of pyridine rings is 1. The standard InChI is InChI=1S/C13H20N4O3S/c1-3-21(19,20)15-13-5-4-12(10-14-13)17-8-6-16(7-9-17)11(2)18/h4-5,10H,3,6-9H2,1-2H3,(H,14,15). The summed E-state index contributed by atoms with van der Waals surface area (Å²) in [6.07, 6.45) is 1.65. The van der Waals surface area contributed by atoms with Crippen molar-refractivity contribution in [1.82, 2.24) is 9.88 Å². The molecule has 0 saturated carbocycles. The third-order valence-electron chi connectivity index (χ3n) is 3.48. The molecule has 2 heterocycles. The van der Waals surface area contributed by atoms with Gasteiger partial charge in [0.2, 0.25) is 15.9 Å². The van der Waals surface area contributed by atoms with Crippen LogP contribution in [0, 0.1) is 0 Å². The van der Waals surface area contributed by atoms with Gasteiger partial charge in [-0.25, -0.2) is 13.4 Å². The lowest BCUT2D eigenvalue weighted by atomic mass is 10.2. The molecular formula is C13H20N4O3S. The molecule has 0 atom stereocenters. The van der Waals surface area contributed by atoms with Gasteiger partial charge < -0.3 is 9.80 Å². The zero-order valence-electron chi connectivity index (χ0n) is 12.2. The Morgan fingerprint density at radius 1 is 1.29 bits per heavy atom. The summed E-state index contributed by atoms with van der Waals surface area (Å²) < 4.78 is 25.3. The Balaban J connectivity index is 1.99. The molecule has 0 unspecified atom stereocenters. The summed E-state index contributed by atoms with van der Waals surface area (Å²) in [5.74, 6) is 0.434. The molecule has 7 nitrogen and oxygen atoms in total. The molecule has 8 heteroatoms. The van der Waals surface area contributed by atoms with Crippen molar-refractivity contribution in [2.24, 2.45) is 0 Å². The summed E-state index contributed by atoms with van der Waals surface area (Å²) in [4.78, 5) is 19.3. The van der Waals surface area contributed by atoms with E-state index in [1.165, 1.54) is 0 Å². The number of nitrogens with one attached hydrogen (secondary N) is 1. The highest BCUT2D eigenvalue weighted by atomic mass is 32.2. The van der Waals surface area contributed by atoms with E-state index in [1.54, 1.807) is 26.1 Å². The Bertz CT molecular complexity index is 592. The van der Waals surface area contributed by atoms with Crippen LogP contribution in [0.5, 0.6) is 0 Å². The average molecular weight is 312 g/mol. The molecule has 0 radical (unpaired) electrons. The number of aromatic nitrogens is 1. The fourth-order valence-corrected chi connectivity index (χ4v) is 2.73. The lowest BCUT2D eigenvalue weighted by Crippen LogP contribution is -2.48. The van der Waals surface area contributed by atoms with E-state index in [0.29, 0.717) is 18.9 Å². The number of hydrogen-bond acceptors (Lipinski definition) is 5. The summed E-state index contributed by atoms with van der Waals surface area (Å²) in [6, 6.07) is 3.49. The predicted molar refractivity (Wildman–Crippen MR) is 81.8 cm³/mol.